The third-order valence-corrected chi connectivity index (χ3v) is 2.94. The predicted molar refractivity (Wildman–Crippen MR) is 70.9 cm³/mol. The van der Waals surface area contributed by atoms with E-state index in [9.17, 15) is 31.1 Å². The molecule has 2 rings (SSSR count). The predicted octanol–water partition coefficient (Wildman–Crippen LogP) is 4.56. The molecule has 0 fully saturated rings. The fourth-order valence-electron chi connectivity index (χ4n) is 2.00. The van der Waals surface area contributed by atoms with E-state index in [1.54, 1.807) is 0 Å². The second kappa shape index (κ2) is 6.02. The Morgan fingerprint density at radius 3 is 2.21 bits per heavy atom. The van der Waals surface area contributed by atoms with E-state index >= 15 is 0 Å². The number of aromatic carboxylic acids is 1. The quantitative estimate of drug-likeness (QED) is 0.797. The molecule has 0 spiro atoms. The number of nitrogens with one attached hydrogen (secondary N) is 1. The molecule has 1 aromatic heterocycles. The molecular weight excluding hydrogens is 342 g/mol. The number of benzene rings is 1. The summed E-state index contributed by atoms with van der Waals surface area (Å²) in [5.74, 6) is -2.00. The average Bonchev–Trinajstić information content (AvgIpc) is 2.45. The van der Waals surface area contributed by atoms with Crippen molar-refractivity contribution in [3.8, 4) is 0 Å². The van der Waals surface area contributed by atoms with Gasteiger partial charge in [-0.2, -0.15) is 26.3 Å². The summed E-state index contributed by atoms with van der Waals surface area (Å²) in [6.45, 7) is 0. The highest BCUT2D eigenvalue weighted by Gasteiger charge is 2.45. The molecule has 1 heterocycles. The molecule has 4 nitrogen and oxygen atoms in total. The summed E-state index contributed by atoms with van der Waals surface area (Å²) >= 11 is 0. The van der Waals surface area contributed by atoms with Crippen molar-refractivity contribution in [3.63, 3.8) is 0 Å². The number of alkyl halides is 6. The molecule has 0 unspecified atom stereocenters. The maximum absolute atomic E-state index is 13.1. The highest BCUT2D eigenvalue weighted by molar-refractivity contribution is 5.94. The zero-order valence-electron chi connectivity index (χ0n) is 11.5. The van der Waals surface area contributed by atoms with Crippen LogP contribution < -0.4 is 5.32 Å². The number of hydrogen-bond acceptors (Lipinski definition) is 3. The van der Waals surface area contributed by atoms with Crippen LogP contribution in [0.15, 0.2) is 36.5 Å². The molecule has 0 bridgehead atoms. The minimum atomic E-state index is -5.31. The molecular formula is C14H8F6N2O2. The van der Waals surface area contributed by atoms with Crippen molar-refractivity contribution >= 4 is 17.5 Å². The number of nitrogens with zero attached hydrogens (tertiary/aromatic N) is 1. The molecule has 0 radical (unpaired) electrons. The molecule has 0 amide bonds. The lowest BCUT2D eigenvalue weighted by Gasteiger charge is -2.20. The molecule has 0 aliphatic rings. The van der Waals surface area contributed by atoms with Gasteiger partial charge < -0.3 is 10.4 Å². The van der Waals surface area contributed by atoms with Crippen molar-refractivity contribution in [2.45, 2.75) is 12.4 Å². The van der Waals surface area contributed by atoms with E-state index in [0.717, 1.165) is 24.4 Å². The van der Waals surface area contributed by atoms with Gasteiger partial charge in [-0.3, -0.25) is 0 Å². The van der Waals surface area contributed by atoms with Crippen LogP contribution in [0.2, 0.25) is 0 Å². The average molecular weight is 350 g/mol. The van der Waals surface area contributed by atoms with Crippen LogP contribution >= 0.6 is 0 Å². The van der Waals surface area contributed by atoms with E-state index in [1.807, 2.05) is 5.32 Å². The van der Waals surface area contributed by atoms with Gasteiger partial charge in [-0.1, -0.05) is 6.07 Å². The number of rotatable bonds is 3. The smallest absolute Gasteiger partial charge is 0.419 e. The Morgan fingerprint density at radius 1 is 1.00 bits per heavy atom. The van der Waals surface area contributed by atoms with Gasteiger partial charge in [0.2, 0.25) is 0 Å². The fraction of sp³-hybridized carbons (Fsp3) is 0.143. The SMILES string of the molecule is O=C(O)c1cccnc1Nc1cccc(C(F)(F)F)c1C(F)(F)F. The largest absolute Gasteiger partial charge is 0.478 e. The number of carboxylic acids is 1. The zero-order valence-corrected chi connectivity index (χ0v) is 11.5. The van der Waals surface area contributed by atoms with Gasteiger partial charge >= 0.3 is 18.3 Å². The molecule has 0 saturated carbocycles. The number of anilines is 2. The van der Waals surface area contributed by atoms with Crippen LogP contribution in [0.4, 0.5) is 37.8 Å². The molecule has 24 heavy (non-hydrogen) atoms. The first-order valence-corrected chi connectivity index (χ1v) is 6.24. The van der Waals surface area contributed by atoms with Crippen molar-refractivity contribution < 1.29 is 36.2 Å². The van der Waals surface area contributed by atoms with Gasteiger partial charge in [-0.05, 0) is 24.3 Å². The van der Waals surface area contributed by atoms with Crippen molar-refractivity contribution in [1.29, 1.82) is 0 Å². The van der Waals surface area contributed by atoms with Crippen LogP contribution in [-0.4, -0.2) is 16.1 Å². The fourth-order valence-corrected chi connectivity index (χ4v) is 2.00. The first kappa shape index (κ1) is 17.6. The Labute approximate surface area is 130 Å². The second-order valence-electron chi connectivity index (χ2n) is 4.55. The van der Waals surface area contributed by atoms with Gasteiger partial charge in [0.05, 0.1) is 16.8 Å². The Hall–Kier alpha value is -2.78. The maximum Gasteiger partial charge on any atom is 0.419 e. The van der Waals surface area contributed by atoms with Crippen LogP contribution in [0, 0.1) is 0 Å². The summed E-state index contributed by atoms with van der Waals surface area (Å²) in [4.78, 5) is 14.6. The van der Waals surface area contributed by atoms with E-state index in [2.05, 4.69) is 4.98 Å². The summed E-state index contributed by atoms with van der Waals surface area (Å²) in [7, 11) is 0. The lowest BCUT2D eigenvalue weighted by atomic mass is 10.0. The van der Waals surface area contributed by atoms with E-state index in [1.165, 1.54) is 6.07 Å². The minimum absolute atomic E-state index is 0.296. The summed E-state index contributed by atoms with van der Waals surface area (Å²) in [5, 5.41) is 11.0. The number of aromatic nitrogens is 1. The minimum Gasteiger partial charge on any atom is -0.478 e. The zero-order chi connectivity index (χ0) is 18.1. The van der Waals surface area contributed by atoms with Crippen LogP contribution in [0.25, 0.3) is 0 Å². The van der Waals surface area contributed by atoms with Gasteiger partial charge in [0, 0.05) is 6.20 Å². The van der Waals surface area contributed by atoms with E-state index < -0.39 is 46.5 Å². The number of carboxylic acid groups (broad SMARTS) is 1. The standard InChI is InChI=1S/C14H8F6N2O2/c15-13(16,17)8-4-1-5-9(10(8)14(18,19)20)22-11-7(12(23)24)3-2-6-21-11/h1-6H,(H,21,22)(H,23,24). The lowest BCUT2D eigenvalue weighted by molar-refractivity contribution is -0.161. The van der Waals surface area contributed by atoms with E-state index in [-0.39, 0.29) is 0 Å². The van der Waals surface area contributed by atoms with Gasteiger partial charge in [-0.25, -0.2) is 9.78 Å². The molecule has 128 valence electrons. The van der Waals surface area contributed by atoms with E-state index in [0.29, 0.717) is 6.07 Å². The molecule has 2 N–H and O–H groups in total. The summed E-state index contributed by atoms with van der Waals surface area (Å²) in [6.07, 6.45) is -9.45. The van der Waals surface area contributed by atoms with Crippen molar-refractivity contribution in [2.75, 3.05) is 5.32 Å². The second-order valence-corrected chi connectivity index (χ2v) is 4.55. The normalized spacial score (nSPS) is 12.1. The van der Waals surface area contributed by atoms with Crippen LogP contribution in [-0.2, 0) is 12.4 Å². The van der Waals surface area contributed by atoms with Gasteiger partial charge in [0.15, 0.2) is 0 Å². The van der Waals surface area contributed by atoms with Crippen molar-refractivity contribution in [1.82, 2.24) is 4.98 Å². The molecule has 0 aliphatic heterocycles. The van der Waals surface area contributed by atoms with Crippen LogP contribution in [0.5, 0.6) is 0 Å². The third kappa shape index (κ3) is 3.58. The highest BCUT2D eigenvalue weighted by Crippen LogP contribution is 2.44. The Balaban J connectivity index is 2.63. The molecule has 1 aromatic carbocycles. The monoisotopic (exact) mass is 350 g/mol. The number of pyridine rings is 1. The summed E-state index contributed by atoms with van der Waals surface area (Å²) < 4.78 is 78.0. The molecule has 0 aliphatic carbocycles. The maximum atomic E-state index is 13.1. The number of halogens is 6. The van der Waals surface area contributed by atoms with Crippen LogP contribution in [0.3, 0.4) is 0 Å². The lowest BCUT2D eigenvalue weighted by Crippen LogP contribution is -2.19. The number of hydrogen-bond donors (Lipinski definition) is 2. The first-order chi connectivity index (χ1) is 11.0. The van der Waals surface area contributed by atoms with Crippen LogP contribution in [0.1, 0.15) is 21.5 Å². The Kier molecular flexibility index (Phi) is 4.41. The molecule has 0 saturated heterocycles. The molecule has 2 aromatic rings. The highest BCUT2D eigenvalue weighted by atomic mass is 19.4. The van der Waals surface area contributed by atoms with Crippen molar-refractivity contribution in [3.05, 3.63) is 53.2 Å². The summed E-state index contributed by atoms with van der Waals surface area (Å²) in [6, 6.07) is 4.12. The van der Waals surface area contributed by atoms with Gasteiger partial charge in [0.1, 0.15) is 11.4 Å². The third-order valence-electron chi connectivity index (χ3n) is 2.94. The van der Waals surface area contributed by atoms with Gasteiger partial charge in [0.25, 0.3) is 0 Å². The molecule has 0 atom stereocenters. The molecule has 10 heteroatoms. The Bertz CT molecular complexity index is 771. The number of carbonyl (C=O) groups is 1. The summed E-state index contributed by atoms with van der Waals surface area (Å²) in [5.41, 5.74) is -5.26. The first-order valence-electron chi connectivity index (χ1n) is 6.24. The topological polar surface area (TPSA) is 62.2 Å². The van der Waals surface area contributed by atoms with Crippen molar-refractivity contribution in [2.24, 2.45) is 0 Å². The Morgan fingerprint density at radius 2 is 1.67 bits per heavy atom. The van der Waals surface area contributed by atoms with Gasteiger partial charge in [-0.15, -0.1) is 0 Å². The van der Waals surface area contributed by atoms with E-state index in [4.69, 9.17) is 5.11 Å².